The molecule has 0 aromatic carbocycles. The number of aliphatic hydroxyl groups excluding tert-OH is 12. The molecule has 0 radical (unpaired) electrons. The lowest BCUT2D eigenvalue weighted by Gasteiger charge is -2.29. The summed E-state index contributed by atoms with van der Waals surface area (Å²) >= 11 is 0. The van der Waals surface area contributed by atoms with E-state index in [1.54, 1.807) is 96.9 Å². The summed E-state index contributed by atoms with van der Waals surface area (Å²) in [6, 6.07) is 0.0972. The van der Waals surface area contributed by atoms with Crippen LogP contribution in [0.5, 0.6) is 0 Å². The van der Waals surface area contributed by atoms with E-state index in [2.05, 4.69) is 41.1 Å². The molecule has 5 rings (SSSR count). The maximum absolute atomic E-state index is 11.6. The van der Waals surface area contributed by atoms with E-state index >= 15 is 0 Å². The number of carboxylic acid groups (broad SMARTS) is 1. The van der Waals surface area contributed by atoms with Gasteiger partial charge in [0.1, 0.15) is 12.2 Å². The zero-order valence-corrected chi connectivity index (χ0v) is 75.7. The Morgan fingerprint density at radius 3 is 1.21 bits per heavy atom. The summed E-state index contributed by atoms with van der Waals surface area (Å²) in [5, 5.41) is 122. The smallest absolute Gasteiger partial charge is 0.338 e. The van der Waals surface area contributed by atoms with Crippen molar-refractivity contribution in [2.24, 2.45) is 41.2 Å². The highest BCUT2D eigenvalue weighted by molar-refractivity contribution is 5.80. The summed E-state index contributed by atoms with van der Waals surface area (Å²) in [5.41, 5.74) is 5.84. The van der Waals surface area contributed by atoms with Gasteiger partial charge in [0.25, 0.3) is 0 Å². The number of carbonyl (C=O) groups excluding carboxylic acids is 7. The predicted molar refractivity (Wildman–Crippen MR) is 452 cm³/mol. The third-order valence-corrected chi connectivity index (χ3v) is 18.3. The van der Waals surface area contributed by atoms with Gasteiger partial charge in [-0.25, -0.2) is 9.59 Å². The van der Waals surface area contributed by atoms with Crippen molar-refractivity contribution in [3.05, 3.63) is 12.3 Å². The van der Waals surface area contributed by atoms with E-state index in [-0.39, 0.29) is 117 Å². The molecule has 36 heteroatoms. The fraction of sp³-hybridized carbons (Fsp3) is 0.877. The lowest BCUT2D eigenvalue weighted by Crippen LogP contribution is -2.43. The van der Waals surface area contributed by atoms with Gasteiger partial charge < -0.3 is 141 Å². The van der Waals surface area contributed by atoms with Crippen LogP contribution in [-0.4, -0.2) is 400 Å². The van der Waals surface area contributed by atoms with Crippen LogP contribution >= 0.6 is 0 Å². The number of primary amides is 1. The van der Waals surface area contributed by atoms with Crippen LogP contribution in [0.2, 0.25) is 0 Å². The van der Waals surface area contributed by atoms with Crippen LogP contribution in [-0.2, 0) is 62.0 Å². The molecule has 36 nitrogen and oxygen atoms in total. The van der Waals surface area contributed by atoms with Crippen molar-refractivity contribution < 1.29 is 128 Å². The summed E-state index contributed by atoms with van der Waals surface area (Å²) in [5.74, 6) is -2.02. The Balaban J connectivity index is -0.000000226. The summed E-state index contributed by atoms with van der Waals surface area (Å²) < 4.78 is 25.4. The van der Waals surface area contributed by atoms with E-state index in [0.29, 0.717) is 110 Å². The van der Waals surface area contributed by atoms with E-state index in [1.165, 1.54) is 12.8 Å². The summed E-state index contributed by atoms with van der Waals surface area (Å²) in [4.78, 5) is 96.5. The number of aliphatic hydroxyl groups is 12. The normalized spacial score (nSPS) is 20.7. The Hall–Kier alpha value is -5.46. The van der Waals surface area contributed by atoms with Gasteiger partial charge in [0.2, 0.25) is 35.4 Å². The largest absolute Gasteiger partial charge is 0.479 e. The van der Waals surface area contributed by atoms with Crippen LogP contribution in [0.15, 0.2) is 12.3 Å². The molecule has 0 bridgehead atoms. The molecule has 5 saturated heterocycles. The number of carboxylic acids is 1. The van der Waals surface area contributed by atoms with Crippen molar-refractivity contribution in [2.75, 3.05) is 196 Å². The number of nitrogens with zero attached hydrogens (tertiary/aromatic N) is 6. The number of ether oxygens (including phenoxy) is 5. The fourth-order valence-corrected chi connectivity index (χ4v) is 10.2. The second kappa shape index (κ2) is 80.3. The summed E-state index contributed by atoms with van der Waals surface area (Å²) in [6.45, 7) is 37.0. The number of rotatable bonds is 32. The topological polar surface area (TPSA) is 527 Å². The molecule has 16 atom stereocenters. The molecule has 0 saturated carbocycles. The number of nitrogens with two attached hydrogens (primary N) is 1. The minimum atomic E-state index is -1.34. The van der Waals surface area contributed by atoms with Crippen LogP contribution in [0.25, 0.3) is 0 Å². The Labute approximate surface area is 701 Å². The molecular formula is C81H168N10O26. The van der Waals surface area contributed by atoms with Gasteiger partial charge in [-0.15, -0.1) is 0 Å². The molecule has 0 aromatic heterocycles. The number of morpholine rings is 3. The van der Waals surface area contributed by atoms with Gasteiger partial charge in [-0.2, -0.15) is 0 Å². The van der Waals surface area contributed by atoms with E-state index in [0.717, 1.165) is 70.8 Å². The van der Waals surface area contributed by atoms with Crippen molar-refractivity contribution in [1.82, 2.24) is 45.3 Å². The SMILES string of the molecule is C=C(CC)N(C)C[C@@H](O)CO.CC(CCO)C(=O)N(C)C.CC(CCO)C(=O)N1CCOCC1.CC(CCO)C(N)=O.CCC1CNCCO1.CCCC1CNCCO1.CCC[C@H](O)C(=O)O.CC[C@H]1NC[C@H](O)[C@@H]1O.CC[C@H]1OC(=O)[C@H](O)[C@@H]1O.COCCC(C)C(=O)N(C)C.C[C@@H](CCO)C(=O)N(C)C.C[C@H](CCO)C(=O)N(C)C. The number of nitrogens with one attached hydrogen (secondary N) is 3. The van der Waals surface area contributed by atoms with Gasteiger partial charge in [0, 0.05) is 210 Å². The monoisotopic (exact) mass is 1700 g/mol. The van der Waals surface area contributed by atoms with Crippen molar-refractivity contribution >= 4 is 47.4 Å². The van der Waals surface area contributed by atoms with Gasteiger partial charge >= 0.3 is 11.9 Å². The van der Waals surface area contributed by atoms with Crippen molar-refractivity contribution in [2.45, 2.75) is 234 Å². The first-order chi connectivity index (χ1) is 54.9. The second-order valence-electron chi connectivity index (χ2n) is 29.7. The molecule has 6 unspecified atom stereocenters. The number of amides is 6. The fourth-order valence-electron chi connectivity index (χ4n) is 10.2. The maximum Gasteiger partial charge on any atom is 0.338 e. The van der Waals surface area contributed by atoms with Gasteiger partial charge in [0.05, 0.1) is 63.6 Å². The number of esters is 1. The van der Waals surface area contributed by atoms with E-state index in [9.17, 15) is 38.4 Å². The molecule has 0 spiro atoms. The van der Waals surface area contributed by atoms with Crippen LogP contribution in [0.3, 0.4) is 0 Å². The number of carbonyl (C=O) groups is 8. The van der Waals surface area contributed by atoms with Gasteiger partial charge in [-0.05, 0) is 77.0 Å². The lowest BCUT2D eigenvalue weighted by molar-refractivity contribution is -0.148. The molecule has 5 aliphatic rings. The Bertz CT molecular complexity index is 2340. The lowest BCUT2D eigenvalue weighted by atomic mass is 10.1. The molecule has 18 N–H and O–H groups in total. The standard InChI is InChI=1S/C9H17NO3.2C8H17NO2.3C7H15NO2.C7H15NO.C6H13NO2.C6H13NO.C6H10O4.C5H11NO2.C5H10O3/c1-8(2-5-11)9(12)10-3-6-13-7-4-10;1-7(5-6-11-4)8(10)9(2)3;1-4-7(2)9(3)5-8(11)6-10;3*1-6(4-5-9)7(10)8(2)3;1-2-3-7-6-8-4-5-9-7;1-2-4-6(9)5(8)3-7-4;1-2-6-5-7-3-4-8-6;1-2-3-4(7)5(8)6(9)10-3;1-4(2-3-7)5(6)8;1-2-3-4(6)5(7)8/h8,11H,2-7H2,1H3;7H,5-6H2,1-4H3;8,10-11H,2,4-6H2,1,3H3;3*6,9H,4-5H2,1-3H3;7-8H,2-6H2,1H3;4-9H,2-3H2,1H3;6-7H,2-5H2,1H3;3-5,7-8H,2H2,1H3;4,7H,2-3H2,1H3,(H2,6,8);4,6H,2-3H2,1H3,(H,7,8)/t;;8-;2*6-;;;4-,5+,6-;;3-,4-,5-;;4-/m..110..1.1.0/s1. The third-order valence-electron chi connectivity index (χ3n) is 18.3. The van der Waals surface area contributed by atoms with Crippen molar-refractivity contribution in [3.63, 3.8) is 0 Å². The zero-order chi connectivity index (χ0) is 91.9. The van der Waals surface area contributed by atoms with E-state index in [1.807, 2.05) is 72.2 Å². The first kappa shape index (κ1) is 125. The average Bonchev–Trinajstić information content (AvgIpc) is 1.70. The van der Waals surface area contributed by atoms with Gasteiger partial charge in [-0.1, -0.05) is 103 Å². The van der Waals surface area contributed by atoms with Gasteiger partial charge in [-0.3, -0.25) is 28.8 Å². The Kier molecular flexibility index (Phi) is 85.6. The van der Waals surface area contributed by atoms with Crippen LogP contribution in [0.1, 0.15) is 173 Å². The summed E-state index contributed by atoms with van der Waals surface area (Å²) in [7, 11) is 17.3. The average molecular weight is 1700 g/mol. The van der Waals surface area contributed by atoms with Crippen LogP contribution < -0.4 is 21.7 Å². The number of cyclic esters (lactones) is 1. The summed E-state index contributed by atoms with van der Waals surface area (Å²) in [6.07, 6.45) is 5.46. The van der Waals surface area contributed by atoms with E-state index in [4.69, 9.17) is 91.1 Å². The molecule has 0 aliphatic carbocycles. The number of aliphatic carboxylic acids is 1. The van der Waals surface area contributed by atoms with Crippen LogP contribution in [0.4, 0.5) is 0 Å². The second-order valence-corrected chi connectivity index (χ2v) is 29.7. The molecule has 5 aliphatic heterocycles. The Morgan fingerprint density at radius 2 is 0.966 bits per heavy atom. The van der Waals surface area contributed by atoms with E-state index < -0.39 is 54.7 Å². The highest BCUT2D eigenvalue weighted by Crippen LogP contribution is 2.18. The number of β-amino-alcohol motifs (C(OH)–C–C–N with tert-alkyl or cyclic N) is 1. The number of allylic oxidation sites excluding steroid dienone is 1. The van der Waals surface area contributed by atoms with Crippen LogP contribution in [0, 0.1) is 35.5 Å². The number of hydrogen-bond donors (Lipinski definition) is 17. The van der Waals surface area contributed by atoms with Gasteiger partial charge in [0.15, 0.2) is 12.2 Å². The maximum atomic E-state index is 11.6. The minimum absolute atomic E-state index is 0.0319. The third kappa shape index (κ3) is 67.8. The predicted octanol–water partition coefficient (Wildman–Crippen LogP) is 0.101. The highest BCUT2D eigenvalue weighted by atomic mass is 16.6. The molecule has 698 valence electrons. The molecule has 0 aromatic rings. The quantitative estimate of drug-likeness (QED) is 0.0397. The number of likely N-dealkylation sites (N-methyl/N-ethyl adjacent to an activating group) is 1. The zero-order valence-electron chi connectivity index (χ0n) is 75.7. The molecular weight excluding hydrogens is 1530 g/mol. The highest BCUT2D eigenvalue weighted by Gasteiger charge is 2.41. The van der Waals surface area contributed by atoms with Crippen molar-refractivity contribution in [1.29, 1.82) is 0 Å². The number of hydrogen-bond acceptors (Lipinski definition) is 29. The van der Waals surface area contributed by atoms with Crippen molar-refractivity contribution in [3.8, 4) is 0 Å². The first-order valence-corrected chi connectivity index (χ1v) is 41.3. The molecule has 6 amide bonds. The first-order valence-electron chi connectivity index (χ1n) is 41.3. The minimum Gasteiger partial charge on any atom is -0.479 e. The molecule has 5 heterocycles. The molecule has 5 fully saturated rings. The number of methoxy groups -OCH3 is 1. The Morgan fingerprint density at radius 1 is 0.556 bits per heavy atom. The molecule has 117 heavy (non-hydrogen) atoms.